The summed E-state index contributed by atoms with van der Waals surface area (Å²) in [5.74, 6) is 0. The van der Waals surface area contributed by atoms with Crippen molar-refractivity contribution in [2.75, 3.05) is 11.9 Å². The molecule has 176 valence electrons. The summed E-state index contributed by atoms with van der Waals surface area (Å²) in [6, 6.07) is -0.0743. The number of anilines is 1. The number of nitrogens with zero attached hydrogens (tertiary/aromatic N) is 2. The predicted octanol–water partition coefficient (Wildman–Crippen LogP) is 6.83. The van der Waals surface area contributed by atoms with E-state index in [9.17, 15) is 46.6 Å². The molecule has 1 aromatic carbocycles. The van der Waals surface area contributed by atoms with E-state index in [2.05, 4.69) is 5.32 Å². The summed E-state index contributed by atoms with van der Waals surface area (Å²) in [5.41, 5.74) is -5.27. The minimum Gasteiger partial charge on any atom is -0.374 e. The summed E-state index contributed by atoms with van der Waals surface area (Å²) in [7, 11) is 0. The van der Waals surface area contributed by atoms with Crippen molar-refractivity contribution >= 4 is 28.7 Å². The minimum atomic E-state index is -6.14. The highest BCUT2D eigenvalue weighted by atomic mass is 35.5. The molecule has 14 heteroatoms. The molecule has 0 bridgehead atoms. The molecule has 0 saturated heterocycles. The lowest BCUT2D eigenvalue weighted by molar-refractivity contribution is -0.392. The average molecular weight is 480 g/mol. The molecule has 0 saturated carbocycles. The molecule has 0 aromatic heterocycles. The van der Waals surface area contributed by atoms with Crippen molar-refractivity contribution < 1.29 is 36.2 Å². The second kappa shape index (κ2) is 10.3. The molecule has 0 aliphatic rings. The highest BCUT2D eigenvalue weighted by molar-refractivity contribution is 6.25. The summed E-state index contributed by atoms with van der Waals surface area (Å²) in [4.78, 5) is 15.0. The van der Waals surface area contributed by atoms with Crippen LogP contribution in [0.2, 0.25) is 0 Å². The van der Waals surface area contributed by atoms with Crippen LogP contribution in [0.25, 0.3) is 0 Å². The molecule has 0 radical (unpaired) electrons. The highest BCUT2D eigenvalue weighted by Gasteiger charge is 2.71. The lowest BCUT2D eigenvalue weighted by Gasteiger charge is -2.31. The van der Waals surface area contributed by atoms with Gasteiger partial charge >= 0.3 is 12.4 Å². The van der Waals surface area contributed by atoms with Crippen molar-refractivity contribution in [2.45, 2.75) is 62.7 Å². The number of halogens is 7. The van der Waals surface area contributed by atoms with Gasteiger partial charge in [0.1, 0.15) is 0 Å². The first-order chi connectivity index (χ1) is 14.2. The van der Waals surface area contributed by atoms with Crippen molar-refractivity contribution in [2.24, 2.45) is 0 Å². The molecule has 0 amide bonds. The van der Waals surface area contributed by atoms with Crippen molar-refractivity contribution in [3.63, 3.8) is 0 Å². The minimum absolute atomic E-state index is 0.00227. The zero-order chi connectivity index (χ0) is 24.0. The van der Waals surface area contributed by atoms with Gasteiger partial charge in [0.2, 0.25) is 0 Å². The highest BCUT2D eigenvalue weighted by Crippen LogP contribution is 2.56. The molecule has 0 aliphatic heterocycles. The number of nitro groups is 2. The molecule has 0 aliphatic carbocycles. The maximum absolute atomic E-state index is 13.2. The first-order valence-corrected chi connectivity index (χ1v) is 9.59. The van der Waals surface area contributed by atoms with Crippen molar-refractivity contribution in [3.8, 4) is 0 Å². The number of hydrogen-bond acceptors (Lipinski definition) is 5. The molecule has 0 unspecified atom stereocenters. The van der Waals surface area contributed by atoms with Gasteiger partial charge in [-0.2, -0.15) is 26.3 Å². The Balaban J connectivity index is 3.40. The molecule has 0 fully saturated rings. The normalized spacial score (nSPS) is 12.6. The van der Waals surface area contributed by atoms with Gasteiger partial charge < -0.3 is 5.32 Å². The van der Waals surface area contributed by atoms with Crippen molar-refractivity contribution in [1.82, 2.24) is 0 Å². The number of nitrogens with one attached hydrogen (secondary N) is 1. The van der Waals surface area contributed by atoms with E-state index in [0.717, 1.165) is 25.7 Å². The third-order valence-corrected chi connectivity index (χ3v) is 5.15. The summed E-state index contributed by atoms with van der Waals surface area (Å²) >= 11 is 4.89. The van der Waals surface area contributed by atoms with Crippen LogP contribution in [0.5, 0.6) is 0 Å². The molecule has 0 heterocycles. The van der Waals surface area contributed by atoms with Crippen LogP contribution in [0.4, 0.5) is 43.4 Å². The number of benzene rings is 1. The van der Waals surface area contributed by atoms with E-state index in [-0.39, 0.29) is 18.7 Å². The fourth-order valence-corrected chi connectivity index (χ4v) is 3.00. The van der Waals surface area contributed by atoms with E-state index in [1.807, 2.05) is 6.92 Å². The first kappa shape index (κ1) is 26.7. The molecule has 7 nitrogen and oxygen atoms in total. The topological polar surface area (TPSA) is 98.3 Å². The van der Waals surface area contributed by atoms with Gasteiger partial charge in [0.05, 0.1) is 9.85 Å². The second-order valence-electron chi connectivity index (χ2n) is 6.75. The Morgan fingerprint density at radius 3 is 1.68 bits per heavy atom. The van der Waals surface area contributed by atoms with Crippen LogP contribution in [-0.2, 0) is 4.87 Å². The van der Waals surface area contributed by atoms with Gasteiger partial charge in [-0.05, 0) is 6.42 Å². The smallest absolute Gasteiger partial charge is 0.374 e. The van der Waals surface area contributed by atoms with Gasteiger partial charge in [0.15, 0.2) is 5.69 Å². The Kier molecular flexibility index (Phi) is 8.91. The van der Waals surface area contributed by atoms with Gasteiger partial charge in [-0.25, -0.2) is 0 Å². The largest absolute Gasteiger partial charge is 0.420 e. The van der Waals surface area contributed by atoms with Gasteiger partial charge in [-0.3, -0.25) is 20.2 Å². The molecule has 0 spiro atoms. The number of nitro benzene ring substituents is 2. The predicted molar refractivity (Wildman–Crippen MR) is 101 cm³/mol. The van der Waals surface area contributed by atoms with E-state index in [1.165, 1.54) is 0 Å². The molecule has 1 N–H and O–H groups in total. The van der Waals surface area contributed by atoms with Crippen LogP contribution in [0, 0.1) is 20.2 Å². The van der Waals surface area contributed by atoms with E-state index < -0.39 is 49.7 Å². The number of unbranched alkanes of at least 4 members (excludes halogenated alkanes) is 5. The number of hydrogen-bond donors (Lipinski definition) is 1. The average Bonchev–Trinajstić information content (AvgIpc) is 2.64. The van der Waals surface area contributed by atoms with E-state index in [4.69, 9.17) is 11.6 Å². The lowest BCUT2D eigenvalue weighted by atomic mass is 9.94. The Morgan fingerprint density at radius 2 is 1.29 bits per heavy atom. The standard InChI is InChI=1S/C17H20ClF6N3O4/c1-2-3-4-5-6-7-8-25-14-12(26(28)29)9-11(10-13(14)27(30)31)15(18,16(19,20)21)17(22,23)24/h9-10,25H,2-8H2,1H3. The molecular formula is C17H20ClF6N3O4. The summed E-state index contributed by atoms with van der Waals surface area (Å²) in [6.45, 7) is 2.01. The van der Waals surface area contributed by atoms with E-state index in [1.54, 1.807) is 0 Å². The maximum atomic E-state index is 13.2. The van der Waals surface area contributed by atoms with Crippen LogP contribution >= 0.6 is 11.6 Å². The fourth-order valence-electron chi connectivity index (χ4n) is 2.89. The van der Waals surface area contributed by atoms with Crippen LogP contribution in [-0.4, -0.2) is 28.7 Å². The van der Waals surface area contributed by atoms with E-state index in [0.29, 0.717) is 12.8 Å². The van der Waals surface area contributed by atoms with Crippen molar-refractivity contribution in [1.29, 1.82) is 0 Å². The Hall–Kier alpha value is -2.31. The Labute approximate surface area is 178 Å². The quantitative estimate of drug-likeness (QED) is 0.123. The second-order valence-corrected chi connectivity index (χ2v) is 7.32. The molecule has 1 rings (SSSR count). The van der Waals surface area contributed by atoms with Gasteiger partial charge in [0, 0.05) is 24.2 Å². The first-order valence-electron chi connectivity index (χ1n) is 9.22. The summed E-state index contributed by atoms with van der Waals surface area (Å²) < 4.78 is 79.3. The molecule has 0 atom stereocenters. The van der Waals surface area contributed by atoms with Crippen LogP contribution in [0.15, 0.2) is 12.1 Å². The van der Waals surface area contributed by atoms with Gasteiger partial charge in [0.25, 0.3) is 16.2 Å². The van der Waals surface area contributed by atoms with Gasteiger partial charge in [-0.1, -0.05) is 50.6 Å². The Morgan fingerprint density at radius 1 is 0.871 bits per heavy atom. The zero-order valence-corrected chi connectivity index (χ0v) is 17.0. The van der Waals surface area contributed by atoms with Crippen LogP contribution < -0.4 is 5.32 Å². The van der Waals surface area contributed by atoms with Crippen LogP contribution in [0.1, 0.15) is 51.0 Å². The number of alkyl halides is 7. The molecule has 31 heavy (non-hydrogen) atoms. The SMILES string of the molecule is CCCCCCCCNc1c([N+](=O)[O-])cc(C(Cl)(C(F)(F)F)C(F)(F)F)cc1[N+](=O)[O-]. The zero-order valence-electron chi connectivity index (χ0n) is 16.3. The molecule has 1 aromatic rings. The van der Waals surface area contributed by atoms with E-state index >= 15 is 0 Å². The third-order valence-electron chi connectivity index (χ3n) is 4.50. The van der Waals surface area contributed by atoms with Crippen molar-refractivity contribution in [3.05, 3.63) is 37.9 Å². The third kappa shape index (κ3) is 6.11. The van der Waals surface area contributed by atoms with Crippen LogP contribution in [0.3, 0.4) is 0 Å². The number of rotatable bonds is 11. The molecular weight excluding hydrogens is 460 g/mol. The lowest BCUT2D eigenvalue weighted by Crippen LogP contribution is -2.49. The maximum Gasteiger partial charge on any atom is 0.420 e. The van der Waals surface area contributed by atoms with Gasteiger partial charge in [-0.15, -0.1) is 0 Å². The summed E-state index contributed by atoms with van der Waals surface area (Å²) in [6.07, 6.45) is -7.37. The summed E-state index contributed by atoms with van der Waals surface area (Å²) in [5, 5.41) is 25.0. The monoisotopic (exact) mass is 479 g/mol. The Bertz CT molecular complexity index is 752. The fraction of sp³-hybridized carbons (Fsp3) is 0.647.